The predicted molar refractivity (Wildman–Crippen MR) is 85.3 cm³/mol. The highest BCUT2D eigenvalue weighted by atomic mass is 16.5. The average Bonchev–Trinajstić information content (AvgIpc) is 3.00. The van der Waals surface area contributed by atoms with E-state index in [0.29, 0.717) is 5.78 Å². The van der Waals surface area contributed by atoms with Crippen LogP contribution >= 0.6 is 0 Å². The Morgan fingerprint density at radius 2 is 2.05 bits per heavy atom. The lowest BCUT2D eigenvalue weighted by molar-refractivity contribution is 0.414. The minimum Gasteiger partial charge on any atom is -0.497 e. The molecule has 0 atom stereocenters. The Morgan fingerprint density at radius 3 is 2.82 bits per heavy atom. The third-order valence-electron chi connectivity index (χ3n) is 3.49. The van der Waals surface area contributed by atoms with E-state index in [1.54, 1.807) is 11.6 Å². The number of fused-ring (bicyclic) bond motifs is 1. The van der Waals surface area contributed by atoms with Crippen molar-refractivity contribution in [1.82, 2.24) is 19.6 Å². The first-order chi connectivity index (χ1) is 10.8. The Morgan fingerprint density at radius 1 is 1.23 bits per heavy atom. The van der Waals surface area contributed by atoms with Gasteiger partial charge < -0.3 is 10.1 Å². The number of aromatic nitrogens is 4. The van der Waals surface area contributed by atoms with E-state index < -0.39 is 0 Å². The van der Waals surface area contributed by atoms with Crippen LogP contribution in [0.1, 0.15) is 17.7 Å². The molecule has 1 N–H and O–H groups in total. The number of nitrogens with zero attached hydrogens (tertiary/aromatic N) is 4. The van der Waals surface area contributed by atoms with Crippen molar-refractivity contribution in [2.75, 3.05) is 19.0 Å². The van der Waals surface area contributed by atoms with Gasteiger partial charge in [0.15, 0.2) is 0 Å². The molecule has 0 amide bonds. The number of anilines is 1. The second kappa shape index (κ2) is 6.43. The third kappa shape index (κ3) is 3.16. The fourth-order valence-corrected chi connectivity index (χ4v) is 2.36. The van der Waals surface area contributed by atoms with Crippen LogP contribution in [0, 0.1) is 6.92 Å². The lowest BCUT2D eigenvalue weighted by Gasteiger charge is -2.09. The minimum absolute atomic E-state index is 0.623. The first-order valence-corrected chi connectivity index (χ1v) is 7.30. The molecule has 6 heteroatoms. The van der Waals surface area contributed by atoms with Crippen LogP contribution in [0.15, 0.2) is 36.7 Å². The van der Waals surface area contributed by atoms with Crippen molar-refractivity contribution in [1.29, 1.82) is 0 Å². The standard InChI is InChI=1S/C16H19N5O/c1-12-10-15(21-16(20-12)18-11-19-21)17-9-3-4-13-5-7-14(22-2)8-6-13/h5-8,10-11,17H,3-4,9H2,1-2H3. The van der Waals surface area contributed by atoms with E-state index >= 15 is 0 Å². The van der Waals surface area contributed by atoms with Crippen molar-refractivity contribution in [2.24, 2.45) is 0 Å². The number of hydrogen-bond acceptors (Lipinski definition) is 5. The van der Waals surface area contributed by atoms with Gasteiger partial charge in [-0.3, -0.25) is 0 Å². The van der Waals surface area contributed by atoms with Crippen LogP contribution in [0.2, 0.25) is 0 Å². The van der Waals surface area contributed by atoms with Crippen LogP contribution in [0.25, 0.3) is 5.78 Å². The summed E-state index contributed by atoms with van der Waals surface area (Å²) >= 11 is 0. The predicted octanol–water partition coefficient (Wildman–Crippen LogP) is 2.49. The molecule has 0 unspecified atom stereocenters. The van der Waals surface area contributed by atoms with Crippen LogP contribution in [0.5, 0.6) is 5.75 Å². The molecule has 3 rings (SSSR count). The molecule has 2 heterocycles. The number of nitrogens with one attached hydrogen (secondary N) is 1. The number of methoxy groups -OCH3 is 1. The number of hydrogen-bond donors (Lipinski definition) is 1. The van der Waals surface area contributed by atoms with Gasteiger partial charge >= 0.3 is 0 Å². The molecule has 0 bridgehead atoms. The molecule has 0 saturated carbocycles. The van der Waals surface area contributed by atoms with Crippen LogP contribution in [0.3, 0.4) is 0 Å². The molecule has 2 aromatic heterocycles. The summed E-state index contributed by atoms with van der Waals surface area (Å²) in [4.78, 5) is 8.45. The molecule has 22 heavy (non-hydrogen) atoms. The molecule has 0 aliphatic rings. The van der Waals surface area contributed by atoms with Crippen LogP contribution in [-0.2, 0) is 6.42 Å². The fraction of sp³-hybridized carbons (Fsp3) is 0.312. The largest absolute Gasteiger partial charge is 0.497 e. The van der Waals surface area contributed by atoms with Gasteiger partial charge in [0.05, 0.1) is 7.11 Å². The van der Waals surface area contributed by atoms with Gasteiger partial charge in [0, 0.05) is 18.3 Å². The quantitative estimate of drug-likeness (QED) is 0.708. The molecular weight excluding hydrogens is 278 g/mol. The number of rotatable bonds is 6. The van der Waals surface area contributed by atoms with E-state index in [-0.39, 0.29) is 0 Å². The van der Waals surface area contributed by atoms with Crippen LogP contribution in [0.4, 0.5) is 5.82 Å². The van der Waals surface area contributed by atoms with Crippen molar-refractivity contribution >= 4 is 11.6 Å². The molecule has 0 aliphatic carbocycles. The summed E-state index contributed by atoms with van der Waals surface area (Å²) in [5, 5.41) is 7.59. The lowest BCUT2D eigenvalue weighted by atomic mass is 10.1. The third-order valence-corrected chi connectivity index (χ3v) is 3.49. The first-order valence-electron chi connectivity index (χ1n) is 7.30. The van der Waals surface area contributed by atoms with Crippen molar-refractivity contribution in [3.63, 3.8) is 0 Å². The Kier molecular flexibility index (Phi) is 4.18. The molecule has 3 aromatic rings. The van der Waals surface area contributed by atoms with Crippen molar-refractivity contribution in [3.05, 3.63) is 47.9 Å². The topological polar surface area (TPSA) is 64.3 Å². The summed E-state index contributed by atoms with van der Waals surface area (Å²) in [7, 11) is 1.68. The zero-order chi connectivity index (χ0) is 15.4. The zero-order valence-electron chi connectivity index (χ0n) is 12.8. The summed E-state index contributed by atoms with van der Waals surface area (Å²) < 4.78 is 6.89. The van der Waals surface area contributed by atoms with Gasteiger partial charge in [-0.2, -0.15) is 14.6 Å². The molecule has 0 fully saturated rings. The normalized spacial score (nSPS) is 10.8. The van der Waals surface area contributed by atoms with Crippen molar-refractivity contribution in [2.45, 2.75) is 19.8 Å². The number of aryl methyl sites for hydroxylation is 2. The van der Waals surface area contributed by atoms with Crippen molar-refractivity contribution < 1.29 is 4.74 Å². The van der Waals surface area contributed by atoms with E-state index in [9.17, 15) is 0 Å². The zero-order valence-corrected chi connectivity index (χ0v) is 12.8. The Bertz CT molecular complexity index is 751. The number of benzene rings is 1. The lowest BCUT2D eigenvalue weighted by Crippen LogP contribution is -2.09. The van der Waals surface area contributed by atoms with Gasteiger partial charge in [0.2, 0.25) is 0 Å². The fourth-order valence-electron chi connectivity index (χ4n) is 2.36. The van der Waals surface area contributed by atoms with E-state index in [1.807, 2.05) is 25.1 Å². The van der Waals surface area contributed by atoms with E-state index in [2.05, 4.69) is 32.5 Å². The first kappa shape index (κ1) is 14.3. The van der Waals surface area contributed by atoms with Crippen LogP contribution < -0.4 is 10.1 Å². The molecule has 0 aliphatic heterocycles. The van der Waals surface area contributed by atoms with Gasteiger partial charge in [0.25, 0.3) is 5.78 Å². The highest BCUT2D eigenvalue weighted by Gasteiger charge is 2.04. The maximum atomic E-state index is 5.16. The molecule has 6 nitrogen and oxygen atoms in total. The summed E-state index contributed by atoms with van der Waals surface area (Å²) in [6.45, 7) is 2.82. The van der Waals surface area contributed by atoms with Gasteiger partial charge in [-0.15, -0.1) is 0 Å². The maximum absolute atomic E-state index is 5.16. The SMILES string of the molecule is COc1ccc(CCCNc2cc(C)nc3ncnn23)cc1. The van der Waals surface area contributed by atoms with Crippen LogP contribution in [-0.4, -0.2) is 33.2 Å². The average molecular weight is 297 g/mol. The molecule has 114 valence electrons. The molecule has 0 radical (unpaired) electrons. The Labute approximate surface area is 129 Å². The highest BCUT2D eigenvalue weighted by molar-refractivity contribution is 5.44. The van der Waals surface area contributed by atoms with E-state index in [1.165, 1.54) is 11.9 Å². The molecule has 0 saturated heterocycles. The smallest absolute Gasteiger partial charge is 0.254 e. The van der Waals surface area contributed by atoms with Gasteiger partial charge in [0.1, 0.15) is 17.9 Å². The van der Waals surface area contributed by atoms with E-state index in [4.69, 9.17) is 4.74 Å². The second-order valence-electron chi connectivity index (χ2n) is 5.13. The number of ether oxygens (including phenoxy) is 1. The molecular formula is C16H19N5O. The Hall–Kier alpha value is -2.63. The van der Waals surface area contributed by atoms with E-state index in [0.717, 1.165) is 36.6 Å². The van der Waals surface area contributed by atoms with Crippen molar-refractivity contribution in [3.8, 4) is 5.75 Å². The second-order valence-corrected chi connectivity index (χ2v) is 5.13. The van der Waals surface area contributed by atoms with Gasteiger partial charge in [-0.05, 0) is 37.5 Å². The monoisotopic (exact) mass is 297 g/mol. The van der Waals surface area contributed by atoms with Gasteiger partial charge in [-0.1, -0.05) is 12.1 Å². The molecule has 0 spiro atoms. The minimum atomic E-state index is 0.623. The summed E-state index contributed by atoms with van der Waals surface area (Å²) in [5.41, 5.74) is 2.23. The maximum Gasteiger partial charge on any atom is 0.254 e. The summed E-state index contributed by atoms with van der Waals surface area (Å²) in [5.74, 6) is 2.44. The highest BCUT2D eigenvalue weighted by Crippen LogP contribution is 2.13. The summed E-state index contributed by atoms with van der Waals surface area (Å²) in [6, 6.07) is 10.2. The summed E-state index contributed by atoms with van der Waals surface area (Å²) in [6.07, 6.45) is 3.57. The molecule has 1 aromatic carbocycles. The Balaban J connectivity index is 1.56. The van der Waals surface area contributed by atoms with Gasteiger partial charge in [-0.25, -0.2) is 4.98 Å².